The van der Waals surface area contributed by atoms with Crippen molar-refractivity contribution >= 4 is 5.97 Å². The van der Waals surface area contributed by atoms with Crippen molar-refractivity contribution in [1.29, 1.82) is 0 Å². The summed E-state index contributed by atoms with van der Waals surface area (Å²) in [4.78, 5) is 12.0. The van der Waals surface area contributed by atoms with Crippen LogP contribution in [0.4, 0.5) is 13.2 Å². The lowest BCUT2D eigenvalue weighted by atomic mass is 9.94. The molecule has 0 saturated heterocycles. The predicted octanol–water partition coefficient (Wildman–Crippen LogP) is 1.89. The summed E-state index contributed by atoms with van der Waals surface area (Å²) >= 11 is 0. The Morgan fingerprint density at radius 2 is 2.00 bits per heavy atom. The van der Waals surface area contributed by atoms with Gasteiger partial charge in [0.25, 0.3) is 0 Å². The summed E-state index contributed by atoms with van der Waals surface area (Å²) in [5.41, 5.74) is -1.01. The first kappa shape index (κ1) is 16.2. The fraction of sp³-hybridized carbons (Fsp3) is 0.917. The number of carbonyl (C=O) groups excluding carboxylic acids is 1. The highest BCUT2D eigenvalue weighted by Crippen LogP contribution is 2.40. The fourth-order valence-corrected chi connectivity index (χ4v) is 1.98. The molecular weight excluding hydrogens is 263 g/mol. The van der Waals surface area contributed by atoms with E-state index in [1.165, 1.54) is 0 Å². The topological polar surface area (TPSA) is 47.6 Å². The Morgan fingerprint density at radius 3 is 2.42 bits per heavy atom. The van der Waals surface area contributed by atoms with E-state index in [0.717, 1.165) is 12.8 Å². The van der Waals surface area contributed by atoms with E-state index in [0.29, 0.717) is 0 Å². The smallest absolute Gasteiger partial charge is 0.391 e. The molecular formula is C12H20F3NO3. The molecule has 1 N–H and O–H groups in total. The first-order chi connectivity index (χ1) is 8.85. The van der Waals surface area contributed by atoms with Gasteiger partial charge in [0, 0.05) is 0 Å². The molecule has 0 bridgehead atoms. The van der Waals surface area contributed by atoms with Crippen molar-refractivity contribution in [3.05, 3.63) is 0 Å². The molecule has 0 aromatic carbocycles. The summed E-state index contributed by atoms with van der Waals surface area (Å²) in [6.45, 7) is 1.38. The predicted molar refractivity (Wildman–Crippen MR) is 62.6 cm³/mol. The van der Waals surface area contributed by atoms with Crippen LogP contribution in [0.3, 0.4) is 0 Å². The molecule has 0 heterocycles. The minimum absolute atomic E-state index is 0.0717. The third kappa shape index (κ3) is 4.65. The molecule has 1 aliphatic rings. The minimum Gasteiger partial charge on any atom is -0.465 e. The van der Waals surface area contributed by atoms with Gasteiger partial charge in [0.05, 0.1) is 26.2 Å². The normalized spacial score (nSPS) is 19.0. The van der Waals surface area contributed by atoms with Gasteiger partial charge in [-0.2, -0.15) is 13.2 Å². The molecule has 0 radical (unpaired) electrons. The SMILES string of the molecule is CCOC(=O)C(COCCC(F)(F)F)(NC)C1CC1. The molecule has 112 valence electrons. The van der Waals surface area contributed by atoms with Crippen LogP contribution in [-0.4, -0.2) is 44.6 Å². The quantitative estimate of drug-likeness (QED) is 0.546. The number of rotatable bonds is 8. The summed E-state index contributed by atoms with van der Waals surface area (Å²) < 4.78 is 46.1. The van der Waals surface area contributed by atoms with Crippen LogP contribution in [0.15, 0.2) is 0 Å². The number of alkyl halides is 3. The number of hydrogen-bond donors (Lipinski definition) is 1. The van der Waals surface area contributed by atoms with Crippen molar-refractivity contribution in [3.8, 4) is 0 Å². The van der Waals surface area contributed by atoms with Gasteiger partial charge in [0.1, 0.15) is 5.54 Å². The van der Waals surface area contributed by atoms with Gasteiger partial charge in [-0.25, -0.2) is 4.79 Å². The maximum atomic E-state index is 12.0. The molecule has 0 spiro atoms. The first-order valence-electron chi connectivity index (χ1n) is 6.36. The molecule has 1 atom stereocenters. The zero-order valence-corrected chi connectivity index (χ0v) is 11.2. The van der Waals surface area contributed by atoms with Gasteiger partial charge in [-0.3, -0.25) is 0 Å². The van der Waals surface area contributed by atoms with E-state index in [1.54, 1.807) is 14.0 Å². The number of likely N-dealkylation sites (N-methyl/N-ethyl adjacent to an activating group) is 1. The summed E-state index contributed by atoms with van der Waals surface area (Å²) in [6.07, 6.45) is -3.56. The molecule has 4 nitrogen and oxygen atoms in total. The van der Waals surface area contributed by atoms with Crippen LogP contribution < -0.4 is 5.32 Å². The minimum atomic E-state index is -4.24. The molecule has 1 saturated carbocycles. The number of esters is 1. The van der Waals surface area contributed by atoms with Gasteiger partial charge >= 0.3 is 12.1 Å². The lowest BCUT2D eigenvalue weighted by molar-refractivity contribution is -0.159. The molecule has 1 fully saturated rings. The van der Waals surface area contributed by atoms with Gasteiger partial charge in [0.2, 0.25) is 0 Å². The van der Waals surface area contributed by atoms with Gasteiger partial charge in [-0.05, 0) is 32.7 Å². The Bertz CT molecular complexity index is 305. The van der Waals surface area contributed by atoms with Crippen molar-refractivity contribution in [2.24, 2.45) is 5.92 Å². The Balaban J connectivity index is 2.52. The van der Waals surface area contributed by atoms with E-state index < -0.39 is 30.7 Å². The zero-order chi connectivity index (χ0) is 14.5. The Labute approximate surface area is 110 Å². The molecule has 1 aliphatic carbocycles. The summed E-state index contributed by atoms with van der Waals surface area (Å²) in [7, 11) is 1.60. The third-order valence-corrected chi connectivity index (χ3v) is 3.22. The second-order valence-electron chi connectivity index (χ2n) is 4.63. The highest BCUT2D eigenvalue weighted by molar-refractivity contribution is 5.82. The number of ether oxygens (including phenoxy) is 2. The molecule has 7 heteroatoms. The monoisotopic (exact) mass is 283 g/mol. The van der Waals surface area contributed by atoms with Crippen LogP contribution in [0.1, 0.15) is 26.2 Å². The molecule has 0 amide bonds. The number of carbonyl (C=O) groups is 1. The third-order valence-electron chi connectivity index (χ3n) is 3.22. The molecule has 19 heavy (non-hydrogen) atoms. The molecule has 1 unspecified atom stereocenters. The van der Waals surface area contributed by atoms with E-state index in [9.17, 15) is 18.0 Å². The summed E-state index contributed by atoms with van der Waals surface area (Å²) in [6, 6.07) is 0. The van der Waals surface area contributed by atoms with E-state index >= 15 is 0 Å². The average Bonchev–Trinajstić information content (AvgIpc) is 3.13. The lowest BCUT2D eigenvalue weighted by Gasteiger charge is -2.31. The summed E-state index contributed by atoms with van der Waals surface area (Å²) in [5.74, 6) is -0.380. The summed E-state index contributed by atoms with van der Waals surface area (Å²) in [5, 5.41) is 2.88. The van der Waals surface area contributed by atoms with Crippen LogP contribution >= 0.6 is 0 Å². The van der Waals surface area contributed by atoms with Gasteiger partial charge in [-0.1, -0.05) is 0 Å². The molecule has 0 aromatic heterocycles. The maximum Gasteiger partial charge on any atom is 0.391 e. The van der Waals surface area contributed by atoms with Crippen LogP contribution in [-0.2, 0) is 14.3 Å². The largest absolute Gasteiger partial charge is 0.465 e. The van der Waals surface area contributed by atoms with Crippen molar-refractivity contribution < 1.29 is 27.4 Å². The van der Waals surface area contributed by atoms with E-state index in [4.69, 9.17) is 9.47 Å². The Morgan fingerprint density at radius 1 is 1.37 bits per heavy atom. The van der Waals surface area contributed by atoms with Crippen molar-refractivity contribution in [2.75, 3.05) is 26.9 Å². The second-order valence-corrected chi connectivity index (χ2v) is 4.63. The van der Waals surface area contributed by atoms with Gasteiger partial charge < -0.3 is 14.8 Å². The van der Waals surface area contributed by atoms with E-state index in [1.807, 2.05) is 0 Å². The van der Waals surface area contributed by atoms with Crippen LogP contribution in [0.25, 0.3) is 0 Å². The Hall–Kier alpha value is -0.820. The number of halogens is 3. The highest BCUT2D eigenvalue weighted by atomic mass is 19.4. The second kappa shape index (κ2) is 6.56. The maximum absolute atomic E-state index is 12.0. The lowest BCUT2D eigenvalue weighted by Crippen LogP contribution is -2.57. The fourth-order valence-electron chi connectivity index (χ4n) is 1.98. The van der Waals surface area contributed by atoms with Crippen molar-refractivity contribution in [2.45, 2.75) is 37.9 Å². The van der Waals surface area contributed by atoms with Crippen molar-refractivity contribution in [1.82, 2.24) is 5.32 Å². The average molecular weight is 283 g/mol. The zero-order valence-electron chi connectivity index (χ0n) is 11.2. The molecule has 1 rings (SSSR count). The van der Waals surface area contributed by atoms with Crippen molar-refractivity contribution in [3.63, 3.8) is 0 Å². The highest BCUT2D eigenvalue weighted by Gasteiger charge is 2.51. The Kier molecular flexibility index (Phi) is 5.61. The van der Waals surface area contributed by atoms with Crippen LogP contribution in [0.2, 0.25) is 0 Å². The number of hydrogen-bond acceptors (Lipinski definition) is 4. The standard InChI is InChI=1S/C12H20F3NO3/c1-3-19-10(17)11(16-2,9-4-5-9)8-18-7-6-12(13,14)15/h9,16H,3-8H2,1-2H3. The molecule has 0 aliphatic heterocycles. The number of nitrogens with one attached hydrogen (secondary N) is 1. The van der Waals surface area contributed by atoms with Crippen LogP contribution in [0.5, 0.6) is 0 Å². The van der Waals surface area contributed by atoms with E-state index in [-0.39, 0.29) is 19.1 Å². The molecule has 0 aromatic rings. The van der Waals surface area contributed by atoms with Crippen LogP contribution in [0, 0.1) is 5.92 Å². The van der Waals surface area contributed by atoms with Gasteiger partial charge in [0.15, 0.2) is 0 Å². The first-order valence-corrected chi connectivity index (χ1v) is 6.36. The van der Waals surface area contributed by atoms with Gasteiger partial charge in [-0.15, -0.1) is 0 Å². The van der Waals surface area contributed by atoms with E-state index in [2.05, 4.69) is 5.32 Å².